The molecule has 0 bridgehead atoms. The summed E-state index contributed by atoms with van der Waals surface area (Å²) in [6, 6.07) is 8.63. The van der Waals surface area contributed by atoms with Gasteiger partial charge in [0.25, 0.3) is 0 Å². The van der Waals surface area contributed by atoms with E-state index >= 15 is 0 Å². The third-order valence-electron chi connectivity index (χ3n) is 5.29. The molecule has 0 atom stereocenters. The first-order valence-electron chi connectivity index (χ1n) is 10.9. The lowest BCUT2D eigenvalue weighted by atomic mass is 10.0. The number of benzene rings is 1. The Morgan fingerprint density at radius 3 is 2.71 bits per heavy atom. The Morgan fingerprint density at radius 2 is 2.06 bits per heavy atom. The van der Waals surface area contributed by atoms with E-state index in [1.165, 1.54) is 34.7 Å². The Morgan fingerprint density at radius 1 is 1.32 bits per heavy atom. The maximum atomic E-state index is 13.5. The number of nitrogen functional groups attached to an aromatic ring is 1. The Bertz CT molecular complexity index is 1210. The van der Waals surface area contributed by atoms with Crippen molar-refractivity contribution in [2.45, 2.75) is 27.3 Å². The lowest BCUT2D eigenvalue weighted by molar-refractivity contribution is 0.0421. The first-order valence-corrected chi connectivity index (χ1v) is 14.4. The van der Waals surface area contributed by atoms with Gasteiger partial charge in [0.2, 0.25) is 9.84 Å². The van der Waals surface area contributed by atoms with E-state index in [4.69, 9.17) is 15.9 Å². The van der Waals surface area contributed by atoms with Crippen LogP contribution in [0.4, 0.5) is 0 Å². The molecule has 6 nitrogen and oxygen atoms in total. The first kappa shape index (κ1) is 26.4. The fourth-order valence-electron chi connectivity index (χ4n) is 3.59. The van der Waals surface area contributed by atoms with Gasteiger partial charge in [-0.1, -0.05) is 48.1 Å². The van der Waals surface area contributed by atoms with E-state index in [1.807, 2.05) is 31.4 Å². The van der Waals surface area contributed by atoms with Crippen LogP contribution in [0.25, 0.3) is 0 Å². The van der Waals surface area contributed by atoms with Crippen LogP contribution >= 0.6 is 23.1 Å². The maximum Gasteiger partial charge on any atom is 0.208 e. The van der Waals surface area contributed by atoms with E-state index in [9.17, 15) is 8.42 Å². The lowest BCUT2D eigenvalue weighted by Crippen LogP contribution is -2.37. The minimum atomic E-state index is -3.74. The second kappa shape index (κ2) is 12.0. The molecule has 1 saturated heterocycles. The Hall–Kier alpha value is -2.17. The number of allylic oxidation sites excluding steroid dienone is 4. The molecule has 0 amide bonds. The number of nitrogens with two attached hydrogens (primary N) is 1. The SMILES string of the molecule is C=C(C)/C=C\C=C(/Cc1cccc(S(=O)(=O)c2cc(C(=N)N)sc2SC)c1)CN1CCOCC1. The quantitative estimate of drug-likeness (QED) is 0.208. The highest BCUT2D eigenvalue weighted by atomic mass is 32.2. The number of nitrogens with zero attached hydrogens (tertiary/aromatic N) is 1. The fourth-order valence-corrected chi connectivity index (χ4v) is 7.52. The van der Waals surface area contributed by atoms with Crippen molar-refractivity contribution in [1.82, 2.24) is 4.90 Å². The number of ether oxygens (including phenoxy) is 1. The van der Waals surface area contributed by atoms with E-state index in [-0.39, 0.29) is 15.6 Å². The Balaban J connectivity index is 1.90. The standard InChI is InChI=1S/C25H31N3O3S3/c1-18(2)6-4-8-20(17-28-10-12-31-13-11-28)14-19-7-5-9-21(15-19)34(29,30)23-16-22(24(26)27)33-25(23)32-3/h4-9,15-16H,1,10-14,17H2,2-3H3,(H3,26,27)/b6-4-,20-8+. The number of thioether (sulfide) groups is 1. The average molecular weight is 518 g/mol. The topological polar surface area (TPSA) is 96.5 Å². The lowest BCUT2D eigenvalue weighted by Gasteiger charge is -2.27. The largest absolute Gasteiger partial charge is 0.383 e. The monoisotopic (exact) mass is 517 g/mol. The molecular formula is C25H31N3O3S3. The van der Waals surface area contributed by atoms with Crippen molar-refractivity contribution in [3.05, 3.63) is 76.7 Å². The molecule has 1 fully saturated rings. The molecule has 1 aliphatic heterocycles. The first-order chi connectivity index (χ1) is 16.2. The molecule has 1 aromatic carbocycles. The fraction of sp³-hybridized carbons (Fsp3) is 0.320. The van der Waals surface area contributed by atoms with Crippen LogP contribution < -0.4 is 5.73 Å². The molecule has 3 rings (SSSR count). The number of amidine groups is 1. The van der Waals surface area contributed by atoms with E-state index in [0.717, 1.165) is 44.0 Å². The van der Waals surface area contributed by atoms with Gasteiger partial charge in [-0.05, 0) is 43.4 Å². The van der Waals surface area contributed by atoms with E-state index in [1.54, 1.807) is 18.2 Å². The highest BCUT2D eigenvalue weighted by molar-refractivity contribution is 8.01. The normalized spacial score (nSPS) is 15.6. The summed E-state index contributed by atoms with van der Waals surface area (Å²) in [5.74, 6) is -0.129. The van der Waals surface area contributed by atoms with Crippen LogP contribution in [-0.4, -0.2) is 58.3 Å². The van der Waals surface area contributed by atoms with Crippen molar-refractivity contribution in [2.75, 3.05) is 39.1 Å². The van der Waals surface area contributed by atoms with Crippen molar-refractivity contribution in [2.24, 2.45) is 5.73 Å². The Labute approximate surface area is 210 Å². The molecule has 0 radical (unpaired) electrons. The van der Waals surface area contributed by atoms with Gasteiger partial charge < -0.3 is 10.5 Å². The summed E-state index contributed by atoms with van der Waals surface area (Å²) in [7, 11) is -3.74. The minimum absolute atomic E-state index is 0.129. The summed E-state index contributed by atoms with van der Waals surface area (Å²) in [4.78, 5) is 3.26. The molecule has 1 aromatic heterocycles. The number of morpholine rings is 1. The van der Waals surface area contributed by atoms with E-state index in [0.29, 0.717) is 15.5 Å². The van der Waals surface area contributed by atoms with Crippen LogP contribution in [0.1, 0.15) is 17.4 Å². The number of rotatable bonds is 10. The molecule has 2 heterocycles. The number of hydrogen-bond donors (Lipinski definition) is 2. The smallest absolute Gasteiger partial charge is 0.208 e. The number of nitrogens with one attached hydrogen (secondary N) is 1. The molecule has 9 heteroatoms. The van der Waals surface area contributed by atoms with Crippen molar-refractivity contribution in [1.29, 1.82) is 5.41 Å². The van der Waals surface area contributed by atoms with Crippen LogP contribution in [0.15, 0.2) is 80.3 Å². The summed E-state index contributed by atoms with van der Waals surface area (Å²) in [6.07, 6.45) is 8.52. The van der Waals surface area contributed by atoms with Gasteiger partial charge in [-0.2, -0.15) is 0 Å². The van der Waals surface area contributed by atoms with Crippen molar-refractivity contribution in [3.8, 4) is 0 Å². The third-order valence-corrected chi connectivity index (χ3v) is 9.63. The maximum absolute atomic E-state index is 13.5. The zero-order valence-electron chi connectivity index (χ0n) is 19.5. The third kappa shape index (κ3) is 6.93. The van der Waals surface area contributed by atoms with Gasteiger partial charge in [-0.3, -0.25) is 10.3 Å². The van der Waals surface area contributed by atoms with Crippen molar-refractivity contribution in [3.63, 3.8) is 0 Å². The van der Waals surface area contributed by atoms with Gasteiger partial charge in [0.05, 0.1) is 32.1 Å². The molecule has 34 heavy (non-hydrogen) atoms. The average Bonchev–Trinajstić information content (AvgIpc) is 3.26. The van der Waals surface area contributed by atoms with E-state index in [2.05, 4.69) is 17.6 Å². The molecule has 2 aromatic rings. The summed E-state index contributed by atoms with van der Waals surface area (Å²) in [6.45, 7) is 9.87. The summed E-state index contributed by atoms with van der Waals surface area (Å²) in [5, 5.41) is 7.68. The number of sulfone groups is 1. The number of hydrogen-bond acceptors (Lipinski definition) is 7. The van der Waals surface area contributed by atoms with Gasteiger partial charge in [0.15, 0.2) is 0 Å². The molecule has 1 aliphatic rings. The molecule has 0 unspecified atom stereocenters. The molecule has 0 saturated carbocycles. The van der Waals surface area contributed by atoms with E-state index < -0.39 is 9.84 Å². The highest BCUT2D eigenvalue weighted by Crippen LogP contribution is 2.37. The minimum Gasteiger partial charge on any atom is -0.383 e. The van der Waals surface area contributed by atoms with Crippen molar-refractivity contribution >= 4 is 38.8 Å². The van der Waals surface area contributed by atoms with Gasteiger partial charge in [-0.25, -0.2) is 8.42 Å². The predicted molar refractivity (Wildman–Crippen MR) is 142 cm³/mol. The van der Waals surface area contributed by atoms with Crippen molar-refractivity contribution < 1.29 is 13.2 Å². The molecule has 182 valence electrons. The second-order valence-electron chi connectivity index (χ2n) is 8.13. The van der Waals surface area contributed by atoms with Crippen LogP contribution in [-0.2, 0) is 21.0 Å². The van der Waals surface area contributed by atoms with Gasteiger partial charge >= 0.3 is 0 Å². The van der Waals surface area contributed by atoms with Crippen LogP contribution in [0, 0.1) is 5.41 Å². The predicted octanol–water partition coefficient (Wildman–Crippen LogP) is 4.52. The molecule has 0 aliphatic carbocycles. The molecule has 3 N–H and O–H groups in total. The number of thiophene rings is 1. The summed E-state index contributed by atoms with van der Waals surface area (Å²) in [5.41, 5.74) is 8.70. The zero-order chi connectivity index (χ0) is 24.7. The molecular weight excluding hydrogens is 486 g/mol. The van der Waals surface area contributed by atoms with Crippen LogP contribution in [0.5, 0.6) is 0 Å². The summed E-state index contributed by atoms with van der Waals surface area (Å²) >= 11 is 2.58. The highest BCUT2D eigenvalue weighted by Gasteiger charge is 2.25. The zero-order valence-corrected chi connectivity index (χ0v) is 22.0. The molecule has 0 spiro atoms. The van der Waals surface area contributed by atoms with Gasteiger partial charge in [-0.15, -0.1) is 23.1 Å². The van der Waals surface area contributed by atoms with Gasteiger partial charge in [0.1, 0.15) is 5.84 Å². The Kier molecular flexibility index (Phi) is 9.32. The van der Waals surface area contributed by atoms with Crippen LogP contribution in [0.3, 0.4) is 0 Å². The van der Waals surface area contributed by atoms with Crippen LogP contribution in [0.2, 0.25) is 0 Å². The second-order valence-corrected chi connectivity index (χ2v) is 12.2. The summed E-state index contributed by atoms with van der Waals surface area (Å²) < 4.78 is 33.1. The van der Waals surface area contributed by atoms with Gasteiger partial charge in [0, 0.05) is 19.6 Å².